The molecular weight excluding hydrogens is 332 g/mol. The molecule has 0 fully saturated rings. The molecule has 0 radical (unpaired) electrons. The minimum absolute atomic E-state index is 0.0846. The number of nitrogens with one attached hydrogen (secondary N) is 1. The molecule has 0 aliphatic rings. The van der Waals surface area contributed by atoms with E-state index in [0.29, 0.717) is 11.4 Å². The summed E-state index contributed by atoms with van der Waals surface area (Å²) in [5.74, 6) is -0.0846. The van der Waals surface area contributed by atoms with Crippen molar-refractivity contribution in [1.82, 2.24) is 15.3 Å². The van der Waals surface area contributed by atoms with Crippen molar-refractivity contribution < 1.29 is 4.79 Å². The molecule has 3 aromatic rings. The van der Waals surface area contributed by atoms with E-state index >= 15 is 0 Å². The predicted molar refractivity (Wildman–Crippen MR) is 102 cm³/mol. The number of aromatic nitrogens is 2. The maximum absolute atomic E-state index is 12.4. The summed E-state index contributed by atoms with van der Waals surface area (Å²) in [6, 6.07) is 15.8. The van der Waals surface area contributed by atoms with Gasteiger partial charge in [0.15, 0.2) is 0 Å². The molecule has 0 saturated carbocycles. The van der Waals surface area contributed by atoms with Crippen LogP contribution in [0.3, 0.4) is 0 Å². The summed E-state index contributed by atoms with van der Waals surface area (Å²) in [6.45, 7) is 3.16. The summed E-state index contributed by atoms with van der Waals surface area (Å²) in [4.78, 5) is 24.0. The first-order valence-corrected chi connectivity index (χ1v) is 8.90. The summed E-state index contributed by atoms with van der Waals surface area (Å²) >= 11 is 1.38. The molecule has 1 aromatic carbocycles. The number of hydrogen-bond acceptors (Lipinski definition) is 5. The molecule has 128 valence electrons. The summed E-state index contributed by atoms with van der Waals surface area (Å²) in [5, 5.41) is 3.74. The van der Waals surface area contributed by atoms with Gasteiger partial charge in [-0.3, -0.25) is 9.78 Å². The first-order valence-electron chi connectivity index (χ1n) is 8.08. The summed E-state index contributed by atoms with van der Waals surface area (Å²) in [7, 11) is 2.01. The van der Waals surface area contributed by atoms with Crippen molar-refractivity contribution in [1.29, 1.82) is 0 Å². The van der Waals surface area contributed by atoms with Crippen LogP contribution in [0.15, 0.2) is 54.7 Å². The number of amides is 1. The van der Waals surface area contributed by atoms with Gasteiger partial charge in [-0.05, 0) is 31.2 Å². The molecule has 25 heavy (non-hydrogen) atoms. The number of rotatable bonds is 6. The monoisotopic (exact) mass is 352 g/mol. The normalized spacial score (nSPS) is 10.5. The molecule has 0 saturated heterocycles. The number of carbonyl (C=O) groups is 1. The summed E-state index contributed by atoms with van der Waals surface area (Å²) in [6.07, 6.45) is 1.73. The Bertz CT molecular complexity index is 833. The molecule has 2 heterocycles. The van der Waals surface area contributed by atoms with Gasteiger partial charge in [-0.25, -0.2) is 4.98 Å². The van der Waals surface area contributed by atoms with E-state index in [1.165, 1.54) is 11.3 Å². The molecule has 0 aliphatic heterocycles. The van der Waals surface area contributed by atoms with Crippen molar-refractivity contribution in [3.8, 4) is 10.7 Å². The van der Waals surface area contributed by atoms with E-state index in [2.05, 4.69) is 20.2 Å². The molecular formula is C19H20N4OS. The fraction of sp³-hybridized carbons (Fsp3) is 0.211. The SMILES string of the molecule is Cc1nc(-c2ccccn2)sc1C(=O)NCCN(C)c1ccccc1. The second-order valence-corrected chi connectivity index (χ2v) is 6.66. The van der Waals surface area contributed by atoms with Crippen LogP contribution in [-0.2, 0) is 0 Å². The highest BCUT2D eigenvalue weighted by Crippen LogP contribution is 2.26. The van der Waals surface area contributed by atoms with E-state index in [1.807, 2.05) is 62.5 Å². The Kier molecular flexibility index (Phi) is 5.40. The fourth-order valence-corrected chi connectivity index (χ4v) is 3.39. The van der Waals surface area contributed by atoms with Crippen LogP contribution in [0.25, 0.3) is 10.7 Å². The van der Waals surface area contributed by atoms with Gasteiger partial charge in [-0.1, -0.05) is 24.3 Å². The largest absolute Gasteiger partial charge is 0.373 e. The molecule has 0 atom stereocenters. The fourth-order valence-electron chi connectivity index (χ4n) is 2.43. The Labute approximate surface area is 151 Å². The van der Waals surface area contributed by atoms with Gasteiger partial charge in [0.2, 0.25) is 0 Å². The summed E-state index contributed by atoms with van der Waals surface area (Å²) < 4.78 is 0. The predicted octanol–water partition coefficient (Wildman–Crippen LogP) is 3.38. The van der Waals surface area contributed by atoms with Gasteiger partial charge in [0.05, 0.1) is 11.4 Å². The number of benzene rings is 1. The Morgan fingerprint density at radius 2 is 1.92 bits per heavy atom. The molecule has 1 amide bonds. The highest BCUT2D eigenvalue weighted by Gasteiger charge is 2.16. The zero-order chi connectivity index (χ0) is 17.6. The van der Waals surface area contributed by atoms with Gasteiger partial charge in [0.1, 0.15) is 9.88 Å². The number of hydrogen-bond donors (Lipinski definition) is 1. The van der Waals surface area contributed by atoms with Gasteiger partial charge in [0.25, 0.3) is 5.91 Å². The Hall–Kier alpha value is -2.73. The number of likely N-dealkylation sites (N-methyl/N-ethyl adjacent to an activating group) is 1. The van der Waals surface area contributed by atoms with Crippen molar-refractivity contribution >= 4 is 22.9 Å². The average Bonchev–Trinajstić information content (AvgIpc) is 3.05. The third kappa shape index (κ3) is 4.22. The zero-order valence-electron chi connectivity index (χ0n) is 14.3. The van der Waals surface area contributed by atoms with Gasteiger partial charge in [-0.2, -0.15) is 0 Å². The van der Waals surface area contributed by atoms with Crippen molar-refractivity contribution in [2.24, 2.45) is 0 Å². The lowest BCUT2D eigenvalue weighted by Gasteiger charge is -2.19. The Morgan fingerprint density at radius 3 is 2.64 bits per heavy atom. The molecule has 0 unspecified atom stereocenters. The Morgan fingerprint density at radius 1 is 1.16 bits per heavy atom. The average molecular weight is 352 g/mol. The second-order valence-electron chi connectivity index (χ2n) is 5.66. The molecule has 0 aliphatic carbocycles. The highest BCUT2D eigenvalue weighted by molar-refractivity contribution is 7.17. The van der Waals surface area contributed by atoms with Crippen molar-refractivity contribution in [3.05, 3.63) is 65.3 Å². The van der Waals surface area contributed by atoms with Crippen molar-refractivity contribution in [2.75, 3.05) is 25.0 Å². The molecule has 2 aromatic heterocycles. The standard InChI is InChI=1S/C19H20N4OS/c1-14-17(25-19(22-14)16-10-6-7-11-20-16)18(24)21-12-13-23(2)15-8-4-3-5-9-15/h3-11H,12-13H2,1-2H3,(H,21,24). The van der Waals surface area contributed by atoms with Crippen molar-refractivity contribution in [3.63, 3.8) is 0 Å². The highest BCUT2D eigenvalue weighted by atomic mass is 32.1. The van der Waals surface area contributed by atoms with E-state index in [-0.39, 0.29) is 5.91 Å². The number of thiazole rings is 1. The van der Waals surface area contributed by atoms with Crippen LogP contribution in [0.1, 0.15) is 15.4 Å². The van der Waals surface area contributed by atoms with E-state index < -0.39 is 0 Å². The Balaban J connectivity index is 1.59. The molecule has 3 rings (SSSR count). The molecule has 5 nitrogen and oxygen atoms in total. The van der Waals surface area contributed by atoms with Crippen LogP contribution in [0.2, 0.25) is 0 Å². The van der Waals surface area contributed by atoms with Crippen LogP contribution in [-0.4, -0.2) is 36.0 Å². The number of anilines is 1. The van der Waals surface area contributed by atoms with Crippen molar-refractivity contribution in [2.45, 2.75) is 6.92 Å². The topological polar surface area (TPSA) is 58.1 Å². The molecule has 0 spiro atoms. The van der Waals surface area contributed by atoms with Crippen LogP contribution >= 0.6 is 11.3 Å². The minimum Gasteiger partial charge on any atom is -0.373 e. The lowest BCUT2D eigenvalue weighted by molar-refractivity contribution is 0.0958. The van der Waals surface area contributed by atoms with Gasteiger partial charge >= 0.3 is 0 Å². The zero-order valence-corrected chi connectivity index (χ0v) is 15.1. The van der Waals surface area contributed by atoms with E-state index in [0.717, 1.165) is 28.6 Å². The molecule has 6 heteroatoms. The smallest absolute Gasteiger partial charge is 0.263 e. The quantitative estimate of drug-likeness (QED) is 0.739. The van der Waals surface area contributed by atoms with Crippen LogP contribution in [0, 0.1) is 6.92 Å². The van der Waals surface area contributed by atoms with Crippen LogP contribution in [0.5, 0.6) is 0 Å². The van der Waals surface area contributed by atoms with E-state index in [4.69, 9.17) is 0 Å². The third-order valence-electron chi connectivity index (χ3n) is 3.82. The first-order chi connectivity index (χ1) is 12.1. The maximum Gasteiger partial charge on any atom is 0.263 e. The second kappa shape index (κ2) is 7.90. The molecule has 0 bridgehead atoms. The van der Waals surface area contributed by atoms with Crippen LogP contribution in [0.4, 0.5) is 5.69 Å². The number of pyridine rings is 1. The lowest BCUT2D eigenvalue weighted by Crippen LogP contribution is -2.32. The van der Waals surface area contributed by atoms with Crippen LogP contribution < -0.4 is 10.2 Å². The van der Waals surface area contributed by atoms with E-state index in [1.54, 1.807) is 6.20 Å². The number of para-hydroxylation sites is 1. The first kappa shape index (κ1) is 17.1. The third-order valence-corrected chi connectivity index (χ3v) is 5.00. The number of nitrogens with zero attached hydrogens (tertiary/aromatic N) is 3. The number of carbonyl (C=O) groups excluding carboxylic acids is 1. The summed E-state index contributed by atoms with van der Waals surface area (Å²) in [5.41, 5.74) is 2.65. The van der Waals surface area contributed by atoms with Gasteiger partial charge in [-0.15, -0.1) is 11.3 Å². The van der Waals surface area contributed by atoms with Gasteiger partial charge in [0, 0.05) is 32.0 Å². The molecule has 1 N–H and O–H groups in total. The van der Waals surface area contributed by atoms with Gasteiger partial charge < -0.3 is 10.2 Å². The number of aryl methyl sites for hydroxylation is 1. The lowest BCUT2D eigenvalue weighted by atomic mass is 10.3. The van der Waals surface area contributed by atoms with E-state index in [9.17, 15) is 4.79 Å². The minimum atomic E-state index is -0.0846. The maximum atomic E-state index is 12.4.